The summed E-state index contributed by atoms with van der Waals surface area (Å²) in [5, 5.41) is 4.30. The third kappa shape index (κ3) is 2.20. The van der Waals surface area contributed by atoms with E-state index in [4.69, 9.17) is 4.98 Å². The van der Waals surface area contributed by atoms with Gasteiger partial charge in [0.05, 0.1) is 17.9 Å². The largest absolute Gasteiger partial charge is 0.348 e. The van der Waals surface area contributed by atoms with Crippen molar-refractivity contribution >= 4 is 11.5 Å². The van der Waals surface area contributed by atoms with Gasteiger partial charge in [0, 0.05) is 24.5 Å². The normalized spacial score (nSPS) is 18.8. The summed E-state index contributed by atoms with van der Waals surface area (Å²) in [6.45, 7) is 3.08. The van der Waals surface area contributed by atoms with Gasteiger partial charge in [-0.1, -0.05) is 0 Å². The molecule has 22 heavy (non-hydrogen) atoms. The Morgan fingerprint density at radius 3 is 3.00 bits per heavy atom. The molecule has 0 N–H and O–H groups in total. The summed E-state index contributed by atoms with van der Waals surface area (Å²) >= 11 is 0. The van der Waals surface area contributed by atoms with Gasteiger partial charge in [0.25, 0.3) is 0 Å². The second-order valence-electron chi connectivity index (χ2n) is 5.70. The maximum Gasteiger partial charge on any atom is 0.155 e. The lowest BCUT2D eigenvalue weighted by Crippen LogP contribution is -2.34. The highest BCUT2D eigenvalue weighted by Gasteiger charge is 2.26. The van der Waals surface area contributed by atoms with Gasteiger partial charge >= 0.3 is 0 Å². The summed E-state index contributed by atoms with van der Waals surface area (Å²) in [6.07, 6.45) is 8.71. The Morgan fingerprint density at radius 1 is 1.18 bits per heavy atom. The third-order valence-electron chi connectivity index (χ3n) is 4.26. The Labute approximate surface area is 128 Å². The molecule has 0 unspecified atom stereocenters. The fraction of sp³-hybridized carbons (Fsp3) is 0.375. The molecule has 0 spiro atoms. The zero-order valence-electron chi connectivity index (χ0n) is 12.6. The first kappa shape index (κ1) is 13.2. The summed E-state index contributed by atoms with van der Waals surface area (Å²) in [6, 6.07) is 6.34. The minimum absolute atomic E-state index is 0.266. The van der Waals surface area contributed by atoms with E-state index in [1.165, 1.54) is 12.8 Å². The summed E-state index contributed by atoms with van der Waals surface area (Å²) in [4.78, 5) is 15.6. The van der Waals surface area contributed by atoms with Gasteiger partial charge in [0.2, 0.25) is 0 Å². The smallest absolute Gasteiger partial charge is 0.155 e. The molecule has 3 aromatic rings. The van der Waals surface area contributed by atoms with E-state index in [1.54, 1.807) is 18.7 Å². The van der Waals surface area contributed by atoms with Crippen LogP contribution in [0.2, 0.25) is 0 Å². The zero-order valence-corrected chi connectivity index (χ0v) is 12.6. The number of piperidine rings is 1. The topological polar surface area (TPSA) is 59.2 Å². The van der Waals surface area contributed by atoms with E-state index < -0.39 is 0 Å². The van der Waals surface area contributed by atoms with Crippen molar-refractivity contribution in [2.75, 3.05) is 11.4 Å². The van der Waals surface area contributed by atoms with Gasteiger partial charge in [0.1, 0.15) is 12.1 Å². The molecule has 3 aromatic heterocycles. The monoisotopic (exact) mass is 294 g/mol. The molecule has 112 valence electrons. The molecule has 0 saturated carbocycles. The molecule has 1 fully saturated rings. The van der Waals surface area contributed by atoms with Crippen molar-refractivity contribution in [3.63, 3.8) is 0 Å². The van der Waals surface area contributed by atoms with Crippen molar-refractivity contribution < 1.29 is 0 Å². The molecule has 1 atom stereocenters. The van der Waals surface area contributed by atoms with Crippen LogP contribution in [0.25, 0.3) is 5.65 Å². The quantitative estimate of drug-likeness (QED) is 0.727. The Hall–Kier alpha value is -2.50. The van der Waals surface area contributed by atoms with Crippen molar-refractivity contribution in [3.05, 3.63) is 48.3 Å². The molecular weight excluding hydrogens is 276 g/mol. The Kier molecular flexibility index (Phi) is 3.21. The van der Waals surface area contributed by atoms with E-state index in [9.17, 15) is 0 Å². The van der Waals surface area contributed by atoms with Crippen LogP contribution in [0, 0.1) is 6.92 Å². The van der Waals surface area contributed by atoms with Crippen LogP contribution >= 0.6 is 0 Å². The fourth-order valence-corrected chi connectivity index (χ4v) is 3.23. The van der Waals surface area contributed by atoms with E-state index in [0.29, 0.717) is 0 Å². The average molecular weight is 294 g/mol. The summed E-state index contributed by atoms with van der Waals surface area (Å²) in [7, 11) is 0. The maximum absolute atomic E-state index is 4.81. The van der Waals surface area contributed by atoms with E-state index in [0.717, 1.165) is 35.8 Å². The molecule has 0 bridgehead atoms. The van der Waals surface area contributed by atoms with Crippen molar-refractivity contribution in [3.8, 4) is 0 Å². The number of nitrogens with zero attached hydrogens (tertiary/aromatic N) is 6. The molecule has 1 aliphatic heterocycles. The maximum atomic E-state index is 4.81. The Balaban J connectivity index is 1.77. The average Bonchev–Trinajstić information content (AvgIpc) is 3.05. The molecule has 6 nitrogen and oxygen atoms in total. The van der Waals surface area contributed by atoms with Crippen LogP contribution in [0.15, 0.2) is 36.9 Å². The number of fused-ring (bicyclic) bond motifs is 1. The molecule has 0 aliphatic carbocycles. The first-order valence-electron chi connectivity index (χ1n) is 7.67. The van der Waals surface area contributed by atoms with Crippen LogP contribution < -0.4 is 4.90 Å². The minimum Gasteiger partial charge on any atom is -0.348 e. The van der Waals surface area contributed by atoms with E-state index >= 15 is 0 Å². The number of aromatic nitrogens is 5. The molecule has 0 aromatic carbocycles. The fourth-order valence-electron chi connectivity index (χ4n) is 3.23. The molecule has 6 heteroatoms. The lowest BCUT2D eigenvalue weighted by Gasteiger charge is -2.36. The molecule has 4 heterocycles. The Bertz CT molecular complexity index is 782. The van der Waals surface area contributed by atoms with Crippen LogP contribution in [0.5, 0.6) is 0 Å². The van der Waals surface area contributed by atoms with Gasteiger partial charge in [0.15, 0.2) is 5.65 Å². The first-order valence-corrected chi connectivity index (χ1v) is 7.67. The second kappa shape index (κ2) is 5.36. The molecule has 1 saturated heterocycles. The predicted molar refractivity (Wildman–Crippen MR) is 83.7 cm³/mol. The molecule has 1 aliphatic rings. The van der Waals surface area contributed by atoms with Crippen molar-refractivity contribution in [2.45, 2.75) is 32.2 Å². The van der Waals surface area contributed by atoms with Crippen LogP contribution in [0.4, 0.5) is 5.82 Å². The minimum atomic E-state index is 0.266. The Morgan fingerprint density at radius 2 is 2.14 bits per heavy atom. The molecular formula is C16H18N6. The lowest BCUT2D eigenvalue weighted by atomic mass is 9.98. The van der Waals surface area contributed by atoms with Crippen LogP contribution in [0.1, 0.15) is 36.7 Å². The predicted octanol–water partition coefficient (Wildman–Crippen LogP) is 2.56. The van der Waals surface area contributed by atoms with Gasteiger partial charge in [-0.05, 0) is 38.3 Å². The molecule has 0 amide bonds. The lowest BCUT2D eigenvalue weighted by molar-refractivity contribution is 0.461. The third-order valence-corrected chi connectivity index (χ3v) is 4.26. The van der Waals surface area contributed by atoms with Crippen molar-refractivity contribution in [1.82, 2.24) is 24.6 Å². The second-order valence-corrected chi connectivity index (χ2v) is 5.70. The van der Waals surface area contributed by atoms with Crippen LogP contribution in [0.3, 0.4) is 0 Å². The first-order chi connectivity index (χ1) is 10.8. The SMILES string of the molecule is Cc1cc([C@H]2CCCCN2c2ccncn2)nc2ccnn12. The number of hydrogen-bond donors (Lipinski definition) is 0. The van der Waals surface area contributed by atoms with Crippen molar-refractivity contribution in [1.29, 1.82) is 0 Å². The molecule has 4 rings (SSSR count). The van der Waals surface area contributed by atoms with E-state index in [-0.39, 0.29) is 6.04 Å². The highest BCUT2D eigenvalue weighted by molar-refractivity contribution is 5.44. The highest BCUT2D eigenvalue weighted by atomic mass is 15.3. The van der Waals surface area contributed by atoms with Crippen LogP contribution in [-0.2, 0) is 0 Å². The standard InChI is InChI=1S/C16H18N6/c1-12-10-13(20-16-6-8-19-22(12)16)14-4-2-3-9-21(14)15-5-7-17-11-18-15/h5-8,10-11,14H,2-4,9H2,1H3/t14-/m1/s1. The van der Waals surface area contributed by atoms with E-state index in [1.807, 2.05) is 16.6 Å². The number of rotatable bonds is 2. The zero-order chi connectivity index (χ0) is 14.9. The van der Waals surface area contributed by atoms with Crippen LogP contribution in [-0.4, -0.2) is 31.1 Å². The number of hydrogen-bond acceptors (Lipinski definition) is 5. The number of anilines is 1. The summed E-state index contributed by atoms with van der Waals surface area (Å²) in [5.74, 6) is 0.979. The highest BCUT2D eigenvalue weighted by Crippen LogP contribution is 2.33. The summed E-state index contributed by atoms with van der Waals surface area (Å²) in [5.41, 5.74) is 3.12. The van der Waals surface area contributed by atoms with Gasteiger partial charge in [-0.15, -0.1) is 0 Å². The van der Waals surface area contributed by atoms with Gasteiger partial charge in [-0.25, -0.2) is 19.5 Å². The summed E-state index contributed by atoms with van der Waals surface area (Å²) < 4.78 is 1.88. The van der Waals surface area contributed by atoms with Gasteiger partial charge in [-0.2, -0.15) is 5.10 Å². The number of aryl methyl sites for hydroxylation is 1. The molecule has 0 radical (unpaired) electrons. The van der Waals surface area contributed by atoms with E-state index in [2.05, 4.69) is 33.0 Å². The van der Waals surface area contributed by atoms with Crippen molar-refractivity contribution in [2.24, 2.45) is 0 Å². The van der Waals surface area contributed by atoms with Gasteiger partial charge < -0.3 is 4.90 Å². The van der Waals surface area contributed by atoms with Gasteiger partial charge in [-0.3, -0.25) is 0 Å².